The van der Waals surface area contributed by atoms with Gasteiger partial charge in [0.25, 0.3) is 0 Å². The number of carbonyl (C=O) groups is 1. The molecule has 1 aromatic carbocycles. The zero-order valence-electron chi connectivity index (χ0n) is 11.9. The normalized spacial score (nSPS) is 23.6. The van der Waals surface area contributed by atoms with E-state index in [4.69, 9.17) is 9.47 Å². The average Bonchev–Trinajstić information content (AvgIpc) is 3.12. The lowest BCUT2D eigenvalue weighted by molar-refractivity contribution is -0.126. The topological polar surface area (TPSA) is 47.6 Å². The molecule has 0 aromatic heterocycles. The number of amides is 1. The zero-order valence-corrected chi connectivity index (χ0v) is 11.9. The van der Waals surface area contributed by atoms with Gasteiger partial charge in [0, 0.05) is 33.1 Å². The summed E-state index contributed by atoms with van der Waals surface area (Å²) < 4.78 is 11.0. The molecule has 108 valence electrons. The molecule has 1 aliphatic carbocycles. The van der Waals surface area contributed by atoms with Crippen molar-refractivity contribution in [2.24, 2.45) is 5.92 Å². The highest BCUT2D eigenvalue weighted by atomic mass is 16.5. The second-order valence-corrected chi connectivity index (χ2v) is 5.79. The molecule has 1 aliphatic heterocycles. The van der Waals surface area contributed by atoms with Crippen LogP contribution in [-0.2, 0) is 27.1 Å². The third-order valence-corrected chi connectivity index (χ3v) is 4.46. The number of hydrogen-bond donors (Lipinski definition) is 1. The lowest BCUT2D eigenvalue weighted by atomic mass is 9.99. The van der Waals surface area contributed by atoms with Crippen molar-refractivity contribution in [1.82, 2.24) is 5.32 Å². The van der Waals surface area contributed by atoms with Crippen LogP contribution in [-0.4, -0.2) is 38.4 Å². The molecule has 1 N–H and O–H groups in total. The number of rotatable bonds is 4. The van der Waals surface area contributed by atoms with E-state index in [1.807, 2.05) is 0 Å². The molecule has 1 heterocycles. The minimum Gasteiger partial charge on any atom is -0.381 e. The van der Waals surface area contributed by atoms with Gasteiger partial charge in [-0.25, -0.2) is 0 Å². The second kappa shape index (κ2) is 5.54. The van der Waals surface area contributed by atoms with Crippen molar-refractivity contribution in [2.75, 3.05) is 26.9 Å². The number of fused-ring (bicyclic) bond motifs is 1. The summed E-state index contributed by atoms with van der Waals surface area (Å²) in [5, 5.41) is 3.05. The fourth-order valence-electron chi connectivity index (χ4n) is 3.13. The van der Waals surface area contributed by atoms with Crippen molar-refractivity contribution >= 4 is 5.91 Å². The SMILES string of the molecule is COC1(CNC(=O)C2CCOC2)Cc2ccccc2C1. The molecular formula is C16H21NO3. The van der Waals surface area contributed by atoms with E-state index >= 15 is 0 Å². The Hall–Kier alpha value is -1.39. The largest absolute Gasteiger partial charge is 0.381 e. The van der Waals surface area contributed by atoms with E-state index in [9.17, 15) is 4.79 Å². The molecule has 0 saturated carbocycles. The monoisotopic (exact) mass is 275 g/mol. The second-order valence-electron chi connectivity index (χ2n) is 5.79. The van der Waals surface area contributed by atoms with Gasteiger partial charge in [0.05, 0.1) is 18.1 Å². The van der Waals surface area contributed by atoms with Crippen LogP contribution in [0, 0.1) is 5.92 Å². The van der Waals surface area contributed by atoms with Gasteiger partial charge < -0.3 is 14.8 Å². The van der Waals surface area contributed by atoms with E-state index in [1.54, 1.807) is 7.11 Å². The first-order chi connectivity index (χ1) is 9.72. The number of nitrogens with one attached hydrogen (secondary N) is 1. The molecule has 1 amide bonds. The summed E-state index contributed by atoms with van der Waals surface area (Å²) in [6.07, 6.45) is 2.55. The molecule has 20 heavy (non-hydrogen) atoms. The summed E-state index contributed by atoms with van der Waals surface area (Å²) in [5.41, 5.74) is 2.36. The van der Waals surface area contributed by atoms with E-state index in [1.165, 1.54) is 11.1 Å². The van der Waals surface area contributed by atoms with Crippen LogP contribution in [0.15, 0.2) is 24.3 Å². The van der Waals surface area contributed by atoms with Crippen molar-refractivity contribution < 1.29 is 14.3 Å². The molecule has 1 atom stereocenters. The maximum Gasteiger partial charge on any atom is 0.225 e. The molecule has 0 spiro atoms. The number of methoxy groups -OCH3 is 1. The lowest BCUT2D eigenvalue weighted by Crippen LogP contribution is -2.46. The van der Waals surface area contributed by atoms with E-state index in [0.717, 1.165) is 19.3 Å². The van der Waals surface area contributed by atoms with Gasteiger partial charge in [-0.3, -0.25) is 4.79 Å². The van der Waals surface area contributed by atoms with Gasteiger partial charge in [0.1, 0.15) is 0 Å². The van der Waals surface area contributed by atoms with Gasteiger partial charge in [-0.15, -0.1) is 0 Å². The Morgan fingerprint density at radius 3 is 2.65 bits per heavy atom. The maximum atomic E-state index is 12.1. The summed E-state index contributed by atoms with van der Waals surface area (Å²) >= 11 is 0. The molecule has 4 nitrogen and oxygen atoms in total. The van der Waals surface area contributed by atoms with Gasteiger partial charge in [-0.1, -0.05) is 24.3 Å². The van der Waals surface area contributed by atoms with Crippen LogP contribution >= 0.6 is 0 Å². The fourth-order valence-corrected chi connectivity index (χ4v) is 3.13. The molecule has 0 radical (unpaired) electrons. The molecule has 1 unspecified atom stereocenters. The van der Waals surface area contributed by atoms with E-state index < -0.39 is 0 Å². The Morgan fingerprint density at radius 1 is 1.40 bits per heavy atom. The fraction of sp³-hybridized carbons (Fsp3) is 0.562. The Morgan fingerprint density at radius 2 is 2.10 bits per heavy atom. The summed E-state index contributed by atoms with van der Waals surface area (Å²) in [5.74, 6) is 0.0996. The Balaban J connectivity index is 1.62. The van der Waals surface area contributed by atoms with Crippen LogP contribution in [0.4, 0.5) is 0 Å². The summed E-state index contributed by atoms with van der Waals surface area (Å²) in [6, 6.07) is 8.39. The highest BCUT2D eigenvalue weighted by molar-refractivity contribution is 5.79. The van der Waals surface area contributed by atoms with Crippen molar-refractivity contribution in [1.29, 1.82) is 0 Å². The molecule has 1 saturated heterocycles. The van der Waals surface area contributed by atoms with Gasteiger partial charge in [0.15, 0.2) is 0 Å². The minimum atomic E-state index is -0.293. The molecule has 3 rings (SSSR count). The van der Waals surface area contributed by atoms with Crippen LogP contribution in [0.3, 0.4) is 0 Å². The van der Waals surface area contributed by atoms with Crippen LogP contribution in [0.5, 0.6) is 0 Å². The number of benzene rings is 1. The van der Waals surface area contributed by atoms with Crippen molar-refractivity contribution in [3.63, 3.8) is 0 Å². The molecule has 2 aliphatic rings. The van der Waals surface area contributed by atoms with Crippen molar-refractivity contribution in [3.8, 4) is 0 Å². The molecule has 1 aromatic rings. The van der Waals surface area contributed by atoms with Gasteiger partial charge in [0.2, 0.25) is 5.91 Å². The Kier molecular flexibility index (Phi) is 3.76. The smallest absolute Gasteiger partial charge is 0.225 e. The highest BCUT2D eigenvalue weighted by Gasteiger charge is 2.38. The summed E-state index contributed by atoms with van der Waals surface area (Å²) in [4.78, 5) is 12.1. The average molecular weight is 275 g/mol. The van der Waals surface area contributed by atoms with Gasteiger partial charge in [-0.05, 0) is 17.5 Å². The zero-order chi connectivity index (χ0) is 14.0. The predicted octanol–water partition coefficient (Wildman–Crippen LogP) is 1.32. The summed E-state index contributed by atoms with van der Waals surface area (Å²) in [6.45, 7) is 1.80. The van der Waals surface area contributed by atoms with E-state index in [0.29, 0.717) is 19.8 Å². The lowest BCUT2D eigenvalue weighted by Gasteiger charge is -2.28. The van der Waals surface area contributed by atoms with Crippen LogP contribution in [0.2, 0.25) is 0 Å². The minimum absolute atomic E-state index is 0.00712. The first kappa shape index (κ1) is 13.6. The van der Waals surface area contributed by atoms with Crippen LogP contribution in [0.25, 0.3) is 0 Å². The molecular weight excluding hydrogens is 254 g/mol. The van der Waals surface area contributed by atoms with Crippen LogP contribution in [0.1, 0.15) is 17.5 Å². The van der Waals surface area contributed by atoms with Crippen molar-refractivity contribution in [2.45, 2.75) is 24.9 Å². The third-order valence-electron chi connectivity index (χ3n) is 4.46. The van der Waals surface area contributed by atoms with E-state index in [2.05, 4.69) is 29.6 Å². The summed E-state index contributed by atoms with van der Waals surface area (Å²) in [7, 11) is 1.73. The van der Waals surface area contributed by atoms with Crippen LogP contribution < -0.4 is 5.32 Å². The highest BCUT2D eigenvalue weighted by Crippen LogP contribution is 2.32. The predicted molar refractivity (Wildman–Crippen MR) is 75.5 cm³/mol. The molecule has 1 fully saturated rings. The first-order valence-corrected chi connectivity index (χ1v) is 7.20. The number of hydrogen-bond acceptors (Lipinski definition) is 3. The van der Waals surface area contributed by atoms with Gasteiger partial charge >= 0.3 is 0 Å². The van der Waals surface area contributed by atoms with E-state index in [-0.39, 0.29) is 17.4 Å². The Labute approximate surface area is 119 Å². The Bertz CT molecular complexity index is 469. The number of ether oxygens (including phenoxy) is 2. The first-order valence-electron chi connectivity index (χ1n) is 7.20. The standard InChI is InChI=1S/C16H21NO3/c1-19-16(8-12-4-2-3-5-13(12)9-16)11-17-15(18)14-6-7-20-10-14/h2-5,14H,6-11H2,1H3,(H,17,18). The molecule has 4 heteroatoms. The maximum absolute atomic E-state index is 12.1. The number of carbonyl (C=O) groups excluding carboxylic acids is 1. The quantitative estimate of drug-likeness (QED) is 0.901. The van der Waals surface area contributed by atoms with Gasteiger partial charge in [-0.2, -0.15) is 0 Å². The third kappa shape index (κ3) is 2.58. The molecule has 0 bridgehead atoms. The van der Waals surface area contributed by atoms with Crippen molar-refractivity contribution in [3.05, 3.63) is 35.4 Å².